The number of halogens is 3. The van der Waals surface area contributed by atoms with Crippen LogP contribution in [0.5, 0.6) is 0 Å². The topological polar surface area (TPSA) is 41.5 Å². The van der Waals surface area contributed by atoms with Crippen molar-refractivity contribution < 1.29 is 9.18 Å². The highest BCUT2D eigenvalue weighted by Gasteiger charge is 2.06. The van der Waals surface area contributed by atoms with Crippen molar-refractivity contribution in [3.8, 4) is 0 Å². The lowest BCUT2D eigenvalue weighted by Gasteiger charge is -2.01. The van der Waals surface area contributed by atoms with E-state index in [2.05, 4.69) is 10.5 Å². The third kappa shape index (κ3) is 3.56. The highest BCUT2D eigenvalue weighted by atomic mass is 35.5. The van der Waals surface area contributed by atoms with E-state index in [1.54, 1.807) is 18.2 Å². The average Bonchev–Trinajstić information content (AvgIpc) is 2.44. The Hall–Kier alpha value is -1.91. The highest BCUT2D eigenvalue weighted by Crippen LogP contribution is 2.22. The van der Waals surface area contributed by atoms with Gasteiger partial charge in [-0.05, 0) is 24.3 Å². The van der Waals surface area contributed by atoms with Gasteiger partial charge in [-0.2, -0.15) is 5.10 Å². The van der Waals surface area contributed by atoms with Crippen LogP contribution in [0.3, 0.4) is 0 Å². The van der Waals surface area contributed by atoms with Gasteiger partial charge in [-0.1, -0.05) is 41.4 Å². The van der Waals surface area contributed by atoms with E-state index in [0.29, 0.717) is 10.6 Å². The van der Waals surface area contributed by atoms with Crippen LogP contribution in [0.2, 0.25) is 10.0 Å². The second kappa shape index (κ2) is 6.50. The summed E-state index contributed by atoms with van der Waals surface area (Å²) in [6, 6.07) is 10.6. The van der Waals surface area contributed by atoms with Gasteiger partial charge in [0.05, 0.1) is 16.3 Å². The SMILES string of the molecule is O=C(N/N=C\c1ccccc1F)c1ccc(Cl)c(Cl)c1. The molecule has 0 aliphatic heterocycles. The normalized spacial score (nSPS) is 10.8. The molecule has 0 saturated heterocycles. The molecule has 0 radical (unpaired) electrons. The second-order valence-corrected chi connectivity index (χ2v) is 4.66. The van der Waals surface area contributed by atoms with Crippen LogP contribution in [0.25, 0.3) is 0 Å². The Bertz CT molecular complexity index is 674. The Kier molecular flexibility index (Phi) is 4.71. The average molecular weight is 311 g/mol. The number of nitrogens with zero attached hydrogens (tertiary/aromatic N) is 1. The maximum atomic E-state index is 13.3. The number of hydrogen-bond acceptors (Lipinski definition) is 2. The number of carbonyl (C=O) groups is 1. The Morgan fingerprint density at radius 3 is 2.60 bits per heavy atom. The van der Waals surface area contributed by atoms with Crippen LogP contribution in [0.1, 0.15) is 15.9 Å². The van der Waals surface area contributed by atoms with E-state index < -0.39 is 11.7 Å². The zero-order valence-electron chi connectivity index (χ0n) is 10.1. The molecule has 0 unspecified atom stereocenters. The van der Waals surface area contributed by atoms with Crippen LogP contribution in [0.4, 0.5) is 4.39 Å². The second-order valence-electron chi connectivity index (χ2n) is 3.85. The van der Waals surface area contributed by atoms with Gasteiger partial charge in [0.1, 0.15) is 5.82 Å². The van der Waals surface area contributed by atoms with Gasteiger partial charge < -0.3 is 0 Å². The van der Waals surface area contributed by atoms with E-state index in [9.17, 15) is 9.18 Å². The monoisotopic (exact) mass is 310 g/mol. The fourth-order valence-electron chi connectivity index (χ4n) is 1.44. The van der Waals surface area contributed by atoms with E-state index in [-0.39, 0.29) is 10.6 Å². The van der Waals surface area contributed by atoms with Crippen molar-refractivity contribution in [3.63, 3.8) is 0 Å². The smallest absolute Gasteiger partial charge is 0.267 e. The molecular formula is C14H9Cl2FN2O. The number of benzene rings is 2. The largest absolute Gasteiger partial charge is 0.271 e. The van der Waals surface area contributed by atoms with Crippen LogP contribution in [-0.2, 0) is 0 Å². The predicted molar refractivity (Wildman–Crippen MR) is 77.9 cm³/mol. The summed E-state index contributed by atoms with van der Waals surface area (Å²) in [7, 11) is 0. The van der Waals surface area contributed by atoms with E-state index in [1.807, 2.05) is 0 Å². The molecule has 2 aromatic rings. The minimum atomic E-state index is -0.462. The van der Waals surface area contributed by atoms with Gasteiger partial charge in [0, 0.05) is 11.1 Å². The lowest BCUT2D eigenvalue weighted by molar-refractivity contribution is 0.0955. The van der Waals surface area contributed by atoms with Crippen molar-refractivity contribution in [2.75, 3.05) is 0 Å². The first-order valence-corrected chi connectivity index (χ1v) is 6.36. The molecule has 0 aromatic heterocycles. The first-order valence-electron chi connectivity index (χ1n) is 5.61. The number of hydrazone groups is 1. The Balaban J connectivity index is 2.05. The third-order valence-electron chi connectivity index (χ3n) is 2.46. The summed E-state index contributed by atoms with van der Waals surface area (Å²) in [5.74, 6) is -0.879. The van der Waals surface area contributed by atoms with Gasteiger partial charge >= 0.3 is 0 Å². The van der Waals surface area contributed by atoms with E-state index in [1.165, 1.54) is 30.5 Å². The molecule has 2 rings (SSSR count). The van der Waals surface area contributed by atoms with Crippen molar-refractivity contribution >= 4 is 35.3 Å². The summed E-state index contributed by atoms with van der Waals surface area (Å²) in [5, 5.41) is 4.32. The number of nitrogens with one attached hydrogen (secondary N) is 1. The van der Waals surface area contributed by atoms with E-state index >= 15 is 0 Å². The van der Waals surface area contributed by atoms with Crippen LogP contribution in [0.15, 0.2) is 47.6 Å². The third-order valence-corrected chi connectivity index (χ3v) is 3.20. The summed E-state index contributed by atoms with van der Waals surface area (Å²) in [6.45, 7) is 0. The van der Waals surface area contributed by atoms with Gasteiger partial charge in [-0.25, -0.2) is 9.82 Å². The van der Waals surface area contributed by atoms with Crippen molar-refractivity contribution in [2.45, 2.75) is 0 Å². The molecule has 0 atom stereocenters. The van der Waals surface area contributed by atoms with E-state index in [4.69, 9.17) is 23.2 Å². The molecule has 0 saturated carbocycles. The fraction of sp³-hybridized carbons (Fsp3) is 0. The quantitative estimate of drug-likeness (QED) is 0.678. The maximum Gasteiger partial charge on any atom is 0.271 e. The minimum absolute atomic E-state index is 0.275. The van der Waals surface area contributed by atoms with Crippen molar-refractivity contribution in [3.05, 3.63) is 69.5 Å². The van der Waals surface area contributed by atoms with Crippen molar-refractivity contribution in [1.82, 2.24) is 5.43 Å². The molecule has 0 bridgehead atoms. The first kappa shape index (κ1) is 14.5. The van der Waals surface area contributed by atoms with Crippen LogP contribution < -0.4 is 5.43 Å². The maximum absolute atomic E-state index is 13.3. The number of hydrogen-bond donors (Lipinski definition) is 1. The molecule has 3 nitrogen and oxygen atoms in total. The first-order chi connectivity index (χ1) is 9.58. The molecule has 0 aliphatic rings. The molecule has 0 spiro atoms. The minimum Gasteiger partial charge on any atom is -0.267 e. The zero-order chi connectivity index (χ0) is 14.5. The number of carbonyl (C=O) groups excluding carboxylic acids is 1. The zero-order valence-corrected chi connectivity index (χ0v) is 11.6. The molecule has 1 N–H and O–H groups in total. The number of rotatable bonds is 3. The Morgan fingerprint density at radius 1 is 1.15 bits per heavy atom. The summed E-state index contributed by atoms with van der Waals surface area (Å²) in [5.41, 5.74) is 2.87. The van der Waals surface area contributed by atoms with Crippen molar-refractivity contribution in [1.29, 1.82) is 0 Å². The van der Waals surface area contributed by atoms with Gasteiger partial charge in [0.25, 0.3) is 5.91 Å². The van der Waals surface area contributed by atoms with Crippen LogP contribution in [-0.4, -0.2) is 12.1 Å². The molecule has 0 fully saturated rings. The van der Waals surface area contributed by atoms with Crippen LogP contribution in [0, 0.1) is 5.82 Å². The molecule has 1 amide bonds. The Labute approximate surface area is 125 Å². The summed E-state index contributed by atoms with van der Waals surface area (Å²) in [6.07, 6.45) is 1.23. The van der Waals surface area contributed by atoms with Gasteiger partial charge in [0.15, 0.2) is 0 Å². The summed E-state index contributed by atoms with van der Waals surface area (Å²) >= 11 is 11.6. The molecule has 6 heteroatoms. The summed E-state index contributed by atoms with van der Waals surface area (Å²) < 4.78 is 13.3. The van der Waals surface area contributed by atoms with Crippen molar-refractivity contribution in [2.24, 2.45) is 5.10 Å². The lowest BCUT2D eigenvalue weighted by Crippen LogP contribution is -2.17. The number of amides is 1. The van der Waals surface area contributed by atoms with E-state index in [0.717, 1.165) is 0 Å². The molecule has 20 heavy (non-hydrogen) atoms. The molecule has 0 aliphatic carbocycles. The molecule has 2 aromatic carbocycles. The Morgan fingerprint density at radius 2 is 1.90 bits per heavy atom. The van der Waals surface area contributed by atoms with Crippen LogP contribution >= 0.6 is 23.2 Å². The highest BCUT2D eigenvalue weighted by molar-refractivity contribution is 6.42. The fourth-order valence-corrected chi connectivity index (χ4v) is 1.74. The van der Waals surface area contributed by atoms with Gasteiger partial charge in [-0.3, -0.25) is 4.79 Å². The molecular weight excluding hydrogens is 302 g/mol. The standard InChI is InChI=1S/C14H9Cl2FN2O/c15-11-6-5-9(7-12(11)16)14(20)19-18-8-10-3-1-2-4-13(10)17/h1-8H,(H,19,20)/b18-8-. The van der Waals surface area contributed by atoms with Gasteiger partial charge in [-0.15, -0.1) is 0 Å². The molecule has 102 valence electrons. The molecule has 0 heterocycles. The predicted octanol–water partition coefficient (Wildman–Crippen LogP) is 3.90. The summed E-state index contributed by atoms with van der Waals surface area (Å²) in [4.78, 5) is 11.8. The lowest BCUT2D eigenvalue weighted by atomic mass is 10.2. The van der Waals surface area contributed by atoms with Gasteiger partial charge in [0.2, 0.25) is 0 Å².